The van der Waals surface area contributed by atoms with Crippen LogP contribution in [0.1, 0.15) is 35.6 Å². The van der Waals surface area contributed by atoms with Crippen molar-refractivity contribution in [2.24, 2.45) is 5.92 Å². The van der Waals surface area contributed by atoms with Gasteiger partial charge in [0.2, 0.25) is 0 Å². The third kappa shape index (κ3) is 3.29. The fourth-order valence-corrected chi connectivity index (χ4v) is 3.59. The molecule has 1 amide bonds. The summed E-state index contributed by atoms with van der Waals surface area (Å²) in [5.41, 5.74) is 1.36. The topological polar surface area (TPSA) is 55.4 Å². The molecule has 1 saturated heterocycles. The number of aryl methyl sites for hydroxylation is 2. The first-order valence-electron chi connectivity index (χ1n) is 8.91. The number of carbonyl (C=O) groups is 1. The second kappa shape index (κ2) is 6.70. The van der Waals surface area contributed by atoms with Gasteiger partial charge < -0.3 is 13.9 Å². The average Bonchev–Trinajstić information content (AvgIpc) is 3.25. The molecule has 0 aromatic carbocycles. The van der Waals surface area contributed by atoms with Gasteiger partial charge in [-0.15, -0.1) is 0 Å². The van der Waals surface area contributed by atoms with E-state index in [1.165, 1.54) is 0 Å². The number of aromatic nitrogens is 4. The molecule has 1 fully saturated rings. The number of carbonyl (C=O) groups excluding carboxylic acids is 1. The molecule has 3 aromatic heterocycles. The summed E-state index contributed by atoms with van der Waals surface area (Å²) in [4.78, 5) is 23.4. The van der Waals surface area contributed by atoms with Crippen LogP contribution < -0.4 is 0 Å². The first-order valence-corrected chi connectivity index (χ1v) is 8.91. The number of rotatable bonds is 4. The highest BCUT2D eigenvalue weighted by Crippen LogP contribution is 2.22. The van der Waals surface area contributed by atoms with E-state index in [0.717, 1.165) is 50.4 Å². The first-order chi connectivity index (χ1) is 12.2. The van der Waals surface area contributed by atoms with E-state index in [9.17, 15) is 4.79 Å². The summed E-state index contributed by atoms with van der Waals surface area (Å²) in [7, 11) is 0. The number of pyridine rings is 1. The van der Waals surface area contributed by atoms with E-state index in [1.54, 1.807) is 0 Å². The van der Waals surface area contributed by atoms with Crippen molar-refractivity contribution >= 4 is 11.6 Å². The number of piperidine rings is 1. The zero-order chi connectivity index (χ0) is 17.2. The molecular weight excluding hydrogens is 314 g/mol. The number of hydrogen-bond donors (Lipinski definition) is 0. The zero-order valence-electron chi connectivity index (χ0n) is 14.5. The highest BCUT2D eigenvalue weighted by molar-refractivity contribution is 5.93. The molecule has 0 bridgehead atoms. The summed E-state index contributed by atoms with van der Waals surface area (Å²) in [5, 5.41) is 0. The number of fused-ring (bicyclic) bond motifs is 1. The van der Waals surface area contributed by atoms with E-state index in [-0.39, 0.29) is 5.91 Å². The van der Waals surface area contributed by atoms with Crippen molar-refractivity contribution in [2.45, 2.75) is 32.7 Å². The lowest BCUT2D eigenvalue weighted by Gasteiger charge is -2.31. The van der Waals surface area contributed by atoms with Crippen molar-refractivity contribution in [3.05, 3.63) is 54.5 Å². The molecule has 6 heteroatoms. The van der Waals surface area contributed by atoms with Crippen molar-refractivity contribution < 1.29 is 4.79 Å². The van der Waals surface area contributed by atoms with E-state index in [4.69, 9.17) is 0 Å². The maximum atomic E-state index is 12.7. The van der Waals surface area contributed by atoms with Crippen LogP contribution in [0.2, 0.25) is 0 Å². The first kappa shape index (κ1) is 15.9. The van der Waals surface area contributed by atoms with Crippen molar-refractivity contribution in [3.8, 4) is 0 Å². The summed E-state index contributed by atoms with van der Waals surface area (Å²) in [6.45, 7) is 4.69. The Morgan fingerprint density at radius 3 is 2.80 bits per heavy atom. The van der Waals surface area contributed by atoms with Crippen molar-refractivity contribution in [1.82, 2.24) is 23.8 Å². The molecular formula is C19H23N5O. The third-order valence-corrected chi connectivity index (χ3v) is 5.19. The molecule has 0 radical (unpaired) electrons. The number of likely N-dealkylation sites (tertiary alicyclic amines) is 1. The lowest BCUT2D eigenvalue weighted by Crippen LogP contribution is -2.38. The van der Waals surface area contributed by atoms with Gasteiger partial charge in [0.25, 0.3) is 5.91 Å². The number of hydrogen-bond acceptors (Lipinski definition) is 3. The number of nitrogens with zero attached hydrogens (tertiary/aromatic N) is 5. The molecule has 4 rings (SSSR count). The van der Waals surface area contributed by atoms with Crippen LogP contribution in [0.25, 0.3) is 5.65 Å². The molecule has 4 heterocycles. The molecule has 0 spiro atoms. The lowest BCUT2D eigenvalue weighted by molar-refractivity contribution is 0.0679. The average molecular weight is 337 g/mol. The van der Waals surface area contributed by atoms with Crippen LogP contribution >= 0.6 is 0 Å². The Hall–Kier alpha value is -2.63. The predicted molar refractivity (Wildman–Crippen MR) is 95.4 cm³/mol. The van der Waals surface area contributed by atoms with Gasteiger partial charge >= 0.3 is 0 Å². The molecule has 1 aliphatic heterocycles. The Morgan fingerprint density at radius 1 is 1.24 bits per heavy atom. The molecule has 25 heavy (non-hydrogen) atoms. The molecule has 0 saturated carbocycles. The van der Waals surface area contributed by atoms with Gasteiger partial charge in [0.15, 0.2) is 0 Å². The van der Waals surface area contributed by atoms with Crippen molar-refractivity contribution in [1.29, 1.82) is 0 Å². The van der Waals surface area contributed by atoms with Gasteiger partial charge in [0, 0.05) is 44.4 Å². The minimum atomic E-state index is 0.0487. The Bertz CT molecular complexity index is 840. The molecule has 130 valence electrons. The van der Waals surface area contributed by atoms with Gasteiger partial charge in [0.1, 0.15) is 17.2 Å². The highest BCUT2D eigenvalue weighted by Gasteiger charge is 2.25. The van der Waals surface area contributed by atoms with E-state index in [1.807, 2.05) is 59.2 Å². The van der Waals surface area contributed by atoms with Crippen molar-refractivity contribution in [3.63, 3.8) is 0 Å². The minimum Gasteiger partial charge on any atom is -0.337 e. The standard InChI is InChI=1S/C19H23N5O/c1-15-20-8-13-22(15)10-5-16-6-11-23(12-7-16)19(25)17-14-24-9-3-2-4-18(24)21-17/h2-4,8-9,13-14,16H,5-7,10-12H2,1H3. The second-order valence-corrected chi connectivity index (χ2v) is 6.78. The van der Waals surface area contributed by atoms with Gasteiger partial charge in [-0.3, -0.25) is 4.79 Å². The highest BCUT2D eigenvalue weighted by atomic mass is 16.2. The van der Waals surface area contributed by atoms with Gasteiger partial charge in [-0.1, -0.05) is 6.07 Å². The molecule has 3 aromatic rings. The quantitative estimate of drug-likeness (QED) is 0.735. The maximum Gasteiger partial charge on any atom is 0.274 e. The summed E-state index contributed by atoms with van der Waals surface area (Å²) >= 11 is 0. The van der Waals surface area contributed by atoms with Crippen LogP contribution in [-0.2, 0) is 6.54 Å². The monoisotopic (exact) mass is 337 g/mol. The lowest BCUT2D eigenvalue weighted by atomic mass is 9.93. The normalized spacial score (nSPS) is 15.8. The number of amides is 1. The van der Waals surface area contributed by atoms with Crippen LogP contribution in [-0.4, -0.2) is 42.8 Å². The molecule has 0 unspecified atom stereocenters. The van der Waals surface area contributed by atoms with Gasteiger partial charge in [-0.2, -0.15) is 0 Å². The van der Waals surface area contributed by atoms with E-state index >= 15 is 0 Å². The van der Waals surface area contributed by atoms with Gasteiger partial charge in [-0.25, -0.2) is 9.97 Å². The Balaban J connectivity index is 1.33. The molecule has 0 N–H and O–H groups in total. The Labute approximate surface area is 147 Å². The summed E-state index contributed by atoms with van der Waals surface area (Å²) in [6, 6.07) is 5.79. The molecule has 0 atom stereocenters. The SMILES string of the molecule is Cc1nccn1CCC1CCN(C(=O)c2cn3ccccc3n2)CC1. The summed E-state index contributed by atoms with van der Waals surface area (Å²) in [6.07, 6.45) is 10.9. The Morgan fingerprint density at radius 2 is 2.08 bits per heavy atom. The molecule has 1 aliphatic rings. The smallest absolute Gasteiger partial charge is 0.274 e. The number of imidazole rings is 2. The maximum absolute atomic E-state index is 12.7. The fourth-order valence-electron chi connectivity index (χ4n) is 3.59. The Kier molecular flexibility index (Phi) is 4.26. The van der Waals surface area contributed by atoms with Gasteiger partial charge in [0.05, 0.1) is 0 Å². The van der Waals surface area contributed by atoms with Crippen LogP contribution in [0.5, 0.6) is 0 Å². The van der Waals surface area contributed by atoms with Crippen molar-refractivity contribution in [2.75, 3.05) is 13.1 Å². The van der Waals surface area contributed by atoms with Crippen LogP contribution in [0, 0.1) is 12.8 Å². The third-order valence-electron chi connectivity index (χ3n) is 5.19. The summed E-state index contributed by atoms with van der Waals surface area (Å²) < 4.78 is 4.10. The zero-order valence-corrected chi connectivity index (χ0v) is 14.5. The second-order valence-electron chi connectivity index (χ2n) is 6.78. The van der Waals surface area contributed by atoms with Gasteiger partial charge in [-0.05, 0) is 44.2 Å². The van der Waals surface area contributed by atoms with E-state index in [0.29, 0.717) is 11.6 Å². The largest absolute Gasteiger partial charge is 0.337 e. The molecule has 6 nitrogen and oxygen atoms in total. The fraction of sp³-hybridized carbons (Fsp3) is 0.421. The molecule has 0 aliphatic carbocycles. The summed E-state index contributed by atoms with van der Waals surface area (Å²) in [5.74, 6) is 1.79. The van der Waals surface area contributed by atoms with E-state index in [2.05, 4.69) is 14.5 Å². The van der Waals surface area contributed by atoms with Crippen LogP contribution in [0.3, 0.4) is 0 Å². The van der Waals surface area contributed by atoms with E-state index < -0.39 is 0 Å². The minimum absolute atomic E-state index is 0.0487. The predicted octanol–water partition coefficient (Wildman–Crippen LogP) is 2.78. The van der Waals surface area contributed by atoms with Crippen LogP contribution in [0.4, 0.5) is 0 Å². The van der Waals surface area contributed by atoms with Crippen LogP contribution in [0.15, 0.2) is 43.0 Å².